The van der Waals surface area contributed by atoms with Gasteiger partial charge in [-0.3, -0.25) is 9.69 Å². The first kappa shape index (κ1) is 24.3. The minimum atomic E-state index is -0.473. The summed E-state index contributed by atoms with van der Waals surface area (Å²) < 4.78 is 31.0. The topological polar surface area (TPSA) is 128 Å². The van der Waals surface area contributed by atoms with E-state index in [0.29, 0.717) is 55.7 Å². The lowest BCUT2D eigenvalue weighted by Crippen LogP contribution is -2.30. The monoisotopic (exact) mass is 499 g/mol. The van der Waals surface area contributed by atoms with E-state index >= 15 is 0 Å². The zero-order chi connectivity index (χ0) is 25.2. The molecule has 2 aromatic rings. The molecule has 0 saturated carbocycles. The van der Waals surface area contributed by atoms with Crippen molar-refractivity contribution in [2.45, 2.75) is 38.3 Å². The first-order chi connectivity index (χ1) is 17.4. The number of pyridine rings is 1. The molecule has 5 rings (SSSR count). The number of halogens is 1. The standard InChI is InChI=1S/C25H30FN5O5/c1-14(27)12-34-18-8-16-6-15(7-19(16)20(26)9-18)10-28-5-4-17-11-31(25(33)36-17)22-3-2-21-24(29-22)30-23(32)13-35-21/h2-3,8-9,14-15,17,28H,4-7,10-13,27H2,1H3,(H,29,30,32). The number of amides is 2. The van der Waals surface area contributed by atoms with Crippen LogP contribution in [0.1, 0.15) is 24.5 Å². The van der Waals surface area contributed by atoms with Crippen LogP contribution in [0.3, 0.4) is 0 Å². The lowest BCUT2D eigenvalue weighted by Gasteiger charge is -2.19. The Bertz CT molecular complexity index is 1160. The molecule has 2 amide bonds. The number of nitrogens with two attached hydrogens (primary N) is 1. The summed E-state index contributed by atoms with van der Waals surface area (Å²) in [6.07, 6.45) is 1.34. The summed E-state index contributed by atoms with van der Waals surface area (Å²) in [5, 5.41) is 6.06. The predicted molar refractivity (Wildman–Crippen MR) is 130 cm³/mol. The van der Waals surface area contributed by atoms with Gasteiger partial charge < -0.3 is 30.6 Å². The molecule has 4 N–H and O–H groups in total. The lowest BCUT2D eigenvalue weighted by molar-refractivity contribution is -0.118. The van der Waals surface area contributed by atoms with Gasteiger partial charge in [0.05, 0.1) is 6.54 Å². The van der Waals surface area contributed by atoms with Gasteiger partial charge in [-0.2, -0.15) is 0 Å². The number of ether oxygens (including phenoxy) is 3. The average molecular weight is 500 g/mol. The fourth-order valence-electron chi connectivity index (χ4n) is 4.74. The van der Waals surface area contributed by atoms with Crippen molar-refractivity contribution in [3.63, 3.8) is 0 Å². The second-order valence-electron chi connectivity index (χ2n) is 9.57. The third kappa shape index (κ3) is 5.36. The lowest BCUT2D eigenvalue weighted by atomic mass is 10.1. The highest BCUT2D eigenvalue weighted by atomic mass is 19.1. The summed E-state index contributed by atoms with van der Waals surface area (Å²) in [7, 11) is 0. The van der Waals surface area contributed by atoms with E-state index in [4.69, 9.17) is 19.9 Å². The minimum Gasteiger partial charge on any atom is -0.492 e. The minimum absolute atomic E-state index is 0.0552. The Balaban J connectivity index is 1.08. The Morgan fingerprint density at radius 3 is 3.03 bits per heavy atom. The van der Waals surface area contributed by atoms with Gasteiger partial charge in [0.2, 0.25) is 0 Å². The highest BCUT2D eigenvalue weighted by Gasteiger charge is 2.34. The number of benzene rings is 1. The van der Waals surface area contributed by atoms with Crippen LogP contribution in [-0.2, 0) is 22.4 Å². The van der Waals surface area contributed by atoms with Gasteiger partial charge in [0.15, 0.2) is 18.2 Å². The molecule has 3 atom stereocenters. The summed E-state index contributed by atoms with van der Waals surface area (Å²) in [5.41, 5.74) is 7.47. The molecule has 3 heterocycles. The largest absolute Gasteiger partial charge is 0.492 e. The van der Waals surface area contributed by atoms with Crippen molar-refractivity contribution in [1.82, 2.24) is 10.3 Å². The van der Waals surface area contributed by atoms with E-state index in [1.165, 1.54) is 11.0 Å². The Morgan fingerprint density at radius 2 is 2.19 bits per heavy atom. The van der Waals surface area contributed by atoms with Gasteiger partial charge in [-0.25, -0.2) is 14.2 Å². The molecule has 1 aromatic carbocycles. The van der Waals surface area contributed by atoms with Crippen LogP contribution in [0.15, 0.2) is 24.3 Å². The molecule has 1 aliphatic carbocycles. The van der Waals surface area contributed by atoms with Crippen LogP contribution in [0.2, 0.25) is 0 Å². The number of nitrogens with zero attached hydrogens (tertiary/aromatic N) is 2. The van der Waals surface area contributed by atoms with Gasteiger partial charge in [-0.1, -0.05) is 0 Å². The van der Waals surface area contributed by atoms with E-state index in [9.17, 15) is 14.0 Å². The number of cyclic esters (lactones) is 1. The molecule has 192 valence electrons. The van der Waals surface area contributed by atoms with Crippen LogP contribution in [-0.4, -0.2) is 62.0 Å². The number of carbonyl (C=O) groups is 2. The van der Waals surface area contributed by atoms with Crippen molar-refractivity contribution >= 4 is 23.6 Å². The van der Waals surface area contributed by atoms with Gasteiger partial charge in [-0.15, -0.1) is 0 Å². The Morgan fingerprint density at radius 1 is 1.33 bits per heavy atom. The Hall–Kier alpha value is -3.44. The van der Waals surface area contributed by atoms with Crippen LogP contribution in [0.4, 0.5) is 20.8 Å². The maximum Gasteiger partial charge on any atom is 0.415 e. The summed E-state index contributed by atoms with van der Waals surface area (Å²) in [6, 6.07) is 6.59. The number of anilines is 2. The predicted octanol–water partition coefficient (Wildman–Crippen LogP) is 2.00. The summed E-state index contributed by atoms with van der Waals surface area (Å²) in [5.74, 6) is 1.46. The Labute approximate surface area is 208 Å². The summed E-state index contributed by atoms with van der Waals surface area (Å²) in [4.78, 5) is 29.7. The van der Waals surface area contributed by atoms with Crippen LogP contribution in [0.5, 0.6) is 11.5 Å². The van der Waals surface area contributed by atoms with Gasteiger partial charge >= 0.3 is 6.09 Å². The van der Waals surface area contributed by atoms with E-state index in [2.05, 4.69) is 15.6 Å². The number of aromatic nitrogens is 1. The van der Waals surface area contributed by atoms with E-state index in [1.807, 2.05) is 13.0 Å². The molecular formula is C25H30FN5O5. The third-order valence-electron chi connectivity index (χ3n) is 6.46. The van der Waals surface area contributed by atoms with Gasteiger partial charge in [0, 0.05) is 12.1 Å². The molecule has 36 heavy (non-hydrogen) atoms. The van der Waals surface area contributed by atoms with Crippen molar-refractivity contribution in [1.29, 1.82) is 0 Å². The molecule has 0 bridgehead atoms. The fraction of sp³-hybridized carbons (Fsp3) is 0.480. The van der Waals surface area contributed by atoms with E-state index in [-0.39, 0.29) is 36.4 Å². The zero-order valence-electron chi connectivity index (χ0n) is 20.1. The average Bonchev–Trinajstić information content (AvgIpc) is 3.43. The van der Waals surface area contributed by atoms with Crippen molar-refractivity contribution in [2.24, 2.45) is 11.7 Å². The maximum atomic E-state index is 14.6. The molecule has 11 heteroatoms. The highest BCUT2D eigenvalue weighted by molar-refractivity contribution is 5.95. The van der Waals surface area contributed by atoms with Gasteiger partial charge in [0.25, 0.3) is 5.91 Å². The fourth-order valence-corrected chi connectivity index (χ4v) is 4.74. The summed E-state index contributed by atoms with van der Waals surface area (Å²) >= 11 is 0. The molecule has 0 spiro atoms. The van der Waals surface area contributed by atoms with Crippen molar-refractivity contribution in [3.05, 3.63) is 41.2 Å². The molecule has 2 aliphatic heterocycles. The molecule has 3 aliphatic rings. The van der Waals surface area contributed by atoms with Crippen molar-refractivity contribution in [3.8, 4) is 11.5 Å². The van der Waals surface area contributed by atoms with E-state index < -0.39 is 6.09 Å². The number of nitrogens with one attached hydrogen (secondary N) is 2. The smallest absolute Gasteiger partial charge is 0.415 e. The van der Waals surface area contributed by atoms with Crippen LogP contribution >= 0.6 is 0 Å². The maximum absolute atomic E-state index is 14.6. The molecule has 0 radical (unpaired) electrons. The van der Waals surface area contributed by atoms with Crippen LogP contribution in [0, 0.1) is 11.7 Å². The SMILES string of the molecule is CC(N)COc1cc(F)c2c(c1)CC(CNCCC1CN(c3ccc4c(n3)NC(=O)CO4)C(=O)O1)C2. The molecule has 1 aromatic heterocycles. The molecular weight excluding hydrogens is 469 g/mol. The van der Waals surface area contributed by atoms with E-state index in [0.717, 1.165) is 24.1 Å². The quantitative estimate of drug-likeness (QED) is 0.447. The zero-order valence-corrected chi connectivity index (χ0v) is 20.1. The van der Waals surface area contributed by atoms with Gasteiger partial charge in [0.1, 0.15) is 30.1 Å². The first-order valence-electron chi connectivity index (χ1n) is 12.2. The second kappa shape index (κ2) is 10.3. The van der Waals surface area contributed by atoms with Gasteiger partial charge in [-0.05, 0) is 74.5 Å². The van der Waals surface area contributed by atoms with Crippen LogP contribution < -0.4 is 30.7 Å². The van der Waals surface area contributed by atoms with Crippen LogP contribution in [0.25, 0.3) is 0 Å². The number of rotatable bonds is 9. The highest BCUT2D eigenvalue weighted by Crippen LogP contribution is 2.33. The first-order valence-corrected chi connectivity index (χ1v) is 12.2. The molecule has 1 fully saturated rings. The number of carbonyl (C=O) groups excluding carboxylic acids is 2. The normalized spacial score (nSPS) is 21.4. The number of hydrogen-bond donors (Lipinski definition) is 3. The van der Waals surface area contributed by atoms with E-state index in [1.54, 1.807) is 12.1 Å². The van der Waals surface area contributed by atoms with Crippen molar-refractivity contribution in [2.75, 3.05) is 43.1 Å². The third-order valence-corrected chi connectivity index (χ3v) is 6.46. The number of hydrogen-bond acceptors (Lipinski definition) is 8. The summed E-state index contributed by atoms with van der Waals surface area (Å²) in [6.45, 7) is 3.90. The second-order valence-corrected chi connectivity index (χ2v) is 9.57. The molecule has 3 unspecified atom stereocenters. The molecule has 1 saturated heterocycles. The Kier molecular flexibility index (Phi) is 6.92. The van der Waals surface area contributed by atoms with Crippen molar-refractivity contribution < 1.29 is 28.2 Å². The number of fused-ring (bicyclic) bond motifs is 2. The molecule has 10 nitrogen and oxygen atoms in total.